The third-order valence-corrected chi connectivity index (χ3v) is 9.04. The molecule has 0 unspecified atom stereocenters. The average Bonchev–Trinajstić information content (AvgIpc) is 3.69. The van der Waals surface area contributed by atoms with Crippen LogP contribution in [0.2, 0.25) is 0 Å². The van der Waals surface area contributed by atoms with Crippen molar-refractivity contribution in [1.82, 2.24) is 14.9 Å². The molecule has 4 aliphatic rings. The van der Waals surface area contributed by atoms with Gasteiger partial charge in [-0.3, -0.25) is 23.9 Å². The zero-order chi connectivity index (χ0) is 25.4. The van der Waals surface area contributed by atoms with Crippen LogP contribution in [0.15, 0.2) is 12.2 Å². The number of fused-ring (bicyclic) bond motifs is 2. The van der Waals surface area contributed by atoms with Crippen molar-refractivity contribution in [2.75, 3.05) is 6.54 Å². The van der Waals surface area contributed by atoms with E-state index >= 15 is 0 Å². The summed E-state index contributed by atoms with van der Waals surface area (Å²) in [4.78, 5) is 52.5. The molecule has 4 rings (SSSR count). The molecule has 0 radical (unpaired) electrons. The highest BCUT2D eigenvalue weighted by atomic mass is 32.2. The van der Waals surface area contributed by atoms with Crippen molar-refractivity contribution in [3.8, 4) is 0 Å². The number of carbonyl (C=O) groups excluding carboxylic acids is 4. The Hall–Kier alpha value is -2.47. The summed E-state index contributed by atoms with van der Waals surface area (Å²) in [6, 6.07) is -1.78. The van der Waals surface area contributed by atoms with E-state index in [0.717, 1.165) is 25.7 Å². The maximum Gasteiger partial charge on any atom is 0.302 e. The van der Waals surface area contributed by atoms with E-state index in [2.05, 4.69) is 10.0 Å². The number of ether oxygens (including phenoxy) is 1. The molecule has 0 bridgehead atoms. The van der Waals surface area contributed by atoms with E-state index in [1.54, 1.807) is 0 Å². The monoisotopic (exact) mass is 510 g/mol. The minimum atomic E-state index is -3.80. The van der Waals surface area contributed by atoms with Crippen LogP contribution in [0.3, 0.4) is 0 Å². The van der Waals surface area contributed by atoms with E-state index in [4.69, 9.17) is 10.5 Å². The van der Waals surface area contributed by atoms with Crippen LogP contribution in [0, 0.1) is 5.92 Å². The Kier molecular flexibility index (Phi) is 7.23. The number of hydrogen-bond acceptors (Lipinski definition) is 8. The predicted molar refractivity (Wildman–Crippen MR) is 125 cm³/mol. The number of nitrogens with one attached hydrogen (secondary N) is 2. The van der Waals surface area contributed by atoms with Gasteiger partial charge >= 0.3 is 5.97 Å². The van der Waals surface area contributed by atoms with Gasteiger partial charge in [0.1, 0.15) is 17.7 Å². The summed E-state index contributed by atoms with van der Waals surface area (Å²) < 4.78 is 32.3. The maximum atomic E-state index is 13.4. The van der Waals surface area contributed by atoms with Gasteiger partial charge in [0.2, 0.25) is 21.8 Å². The molecule has 2 aliphatic carbocycles. The summed E-state index contributed by atoms with van der Waals surface area (Å²) in [6.07, 6.45) is 8.22. The van der Waals surface area contributed by atoms with Gasteiger partial charge in [-0.15, -0.1) is 0 Å². The van der Waals surface area contributed by atoms with Gasteiger partial charge in [-0.25, -0.2) is 8.42 Å². The minimum Gasteiger partial charge on any atom is -0.461 e. The number of sulfonamides is 1. The molecular weight excluding hydrogens is 476 g/mol. The topological polar surface area (TPSA) is 165 Å². The minimum absolute atomic E-state index is 0.0305. The van der Waals surface area contributed by atoms with Crippen LogP contribution in [0.1, 0.15) is 64.7 Å². The highest BCUT2D eigenvalue weighted by molar-refractivity contribution is 7.91. The Morgan fingerprint density at radius 3 is 2.63 bits per heavy atom. The van der Waals surface area contributed by atoms with Crippen LogP contribution in [0.25, 0.3) is 0 Å². The Balaban J connectivity index is 1.59. The molecular formula is C23H34N4O7S. The lowest BCUT2D eigenvalue weighted by molar-refractivity contribution is -0.146. The van der Waals surface area contributed by atoms with Crippen LogP contribution >= 0.6 is 0 Å². The number of allylic oxidation sites excluding steroid dienone is 1. The fourth-order valence-electron chi connectivity index (χ4n) is 4.98. The summed E-state index contributed by atoms with van der Waals surface area (Å²) in [5.41, 5.74) is 4.73. The van der Waals surface area contributed by atoms with Crippen LogP contribution < -0.4 is 15.8 Å². The van der Waals surface area contributed by atoms with Crippen molar-refractivity contribution < 1.29 is 32.3 Å². The van der Waals surface area contributed by atoms with Gasteiger partial charge in [-0.05, 0) is 38.5 Å². The summed E-state index contributed by atoms with van der Waals surface area (Å²) in [7, 11) is -3.80. The number of amides is 3. The second-order valence-corrected chi connectivity index (χ2v) is 12.1. The summed E-state index contributed by atoms with van der Waals surface area (Å²) in [5, 5.41) is 2.18. The van der Waals surface area contributed by atoms with Crippen LogP contribution in [-0.2, 0) is 33.9 Å². The molecule has 3 fully saturated rings. The Labute approximate surface area is 205 Å². The number of rotatable bonds is 4. The molecule has 4 N–H and O–H groups in total. The lowest BCUT2D eigenvalue weighted by Crippen LogP contribution is -2.57. The third kappa shape index (κ3) is 5.69. The first-order valence-electron chi connectivity index (χ1n) is 12.3. The predicted octanol–water partition coefficient (Wildman–Crippen LogP) is -0.150. The van der Waals surface area contributed by atoms with Crippen molar-refractivity contribution in [1.29, 1.82) is 0 Å². The van der Waals surface area contributed by atoms with Gasteiger partial charge in [0.15, 0.2) is 0 Å². The molecule has 0 spiro atoms. The lowest BCUT2D eigenvalue weighted by Gasteiger charge is -2.28. The van der Waals surface area contributed by atoms with Crippen LogP contribution in [0.4, 0.5) is 0 Å². The maximum absolute atomic E-state index is 13.4. The largest absolute Gasteiger partial charge is 0.461 e. The number of carbonyl (C=O) groups is 4. The number of esters is 1. The normalized spacial score (nSPS) is 35.0. The van der Waals surface area contributed by atoms with Crippen molar-refractivity contribution in [3.05, 3.63) is 12.2 Å². The van der Waals surface area contributed by atoms with Crippen molar-refractivity contribution >= 4 is 33.7 Å². The van der Waals surface area contributed by atoms with Gasteiger partial charge in [-0.2, -0.15) is 0 Å². The molecule has 3 amide bonds. The number of hydrogen-bond donors (Lipinski definition) is 3. The molecule has 5 atom stereocenters. The standard InChI is InChI=1S/C23H34N4O7S/c1-14(28)34-16-11-19-20(29)25-23(22(31)26-35(32,33)17-9-10-17)12-15(23)7-5-3-2-4-6-8-18(24)21(30)27(19)13-16/h5,7,15-19H,2-4,6,8-13,24H2,1H3,(H,25,29)(H,26,31)/b7-5-/t15-,16-,18+,19+,23-/m1/s1. The molecule has 2 heterocycles. The lowest BCUT2D eigenvalue weighted by atomic mass is 10.1. The second kappa shape index (κ2) is 9.88. The average molecular weight is 511 g/mol. The zero-order valence-electron chi connectivity index (χ0n) is 19.9. The van der Waals surface area contributed by atoms with E-state index < -0.39 is 62.7 Å². The highest BCUT2D eigenvalue weighted by Crippen LogP contribution is 2.46. The van der Waals surface area contributed by atoms with E-state index in [-0.39, 0.29) is 25.3 Å². The van der Waals surface area contributed by atoms with Gasteiger partial charge in [0, 0.05) is 19.3 Å². The van der Waals surface area contributed by atoms with Gasteiger partial charge in [0.05, 0.1) is 17.8 Å². The smallest absolute Gasteiger partial charge is 0.302 e. The molecule has 2 aliphatic heterocycles. The molecule has 35 heavy (non-hydrogen) atoms. The molecule has 2 saturated carbocycles. The van der Waals surface area contributed by atoms with E-state index in [1.807, 2.05) is 12.2 Å². The summed E-state index contributed by atoms with van der Waals surface area (Å²) >= 11 is 0. The van der Waals surface area contributed by atoms with E-state index in [1.165, 1.54) is 11.8 Å². The van der Waals surface area contributed by atoms with Crippen molar-refractivity contribution in [2.24, 2.45) is 11.7 Å². The van der Waals surface area contributed by atoms with Crippen molar-refractivity contribution in [3.63, 3.8) is 0 Å². The molecule has 1 saturated heterocycles. The van der Waals surface area contributed by atoms with Gasteiger partial charge < -0.3 is 20.7 Å². The molecule has 11 nitrogen and oxygen atoms in total. The Morgan fingerprint density at radius 2 is 1.94 bits per heavy atom. The quantitative estimate of drug-likeness (QED) is 0.347. The van der Waals surface area contributed by atoms with Crippen molar-refractivity contribution in [2.45, 2.75) is 93.7 Å². The highest BCUT2D eigenvalue weighted by Gasteiger charge is 2.62. The first-order valence-corrected chi connectivity index (χ1v) is 13.9. The zero-order valence-corrected chi connectivity index (χ0v) is 20.7. The van der Waals surface area contributed by atoms with Gasteiger partial charge in [-0.1, -0.05) is 25.0 Å². The Morgan fingerprint density at radius 1 is 1.20 bits per heavy atom. The molecule has 0 aromatic carbocycles. The fraction of sp³-hybridized carbons (Fsp3) is 0.739. The Bertz CT molecular complexity index is 1020. The van der Waals surface area contributed by atoms with Crippen LogP contribution in [-0.4, -0.2) is 72.5 Å². The second-order valence-electron chi connectivity index (χ2n) is 10.1. The molecule has 0 aromatic rings. The van der Waals surface area contributed by atoms with E-state index in [9.17, 15) is 27.6 Å². The first-order chi connectivity index (χ1) is 16.5. The van der Waals surface area contributed by atoms with Gasteiger partial charge in [0.25, 0.3) is 5.91 Å². The molecule has 0 aromatic heterocycles. The first kappa shape index (κ1) is 25.6. The SMILES string of the molecule is CC(=O)O[C@@H]1C[C@H]2C(=O)N[C@]3(C(=O)NS(=O)(=O)C4CC4)C[C@H]3/C=C\CCCCC[C@H](N)C(=O)N2C1. The van der Waals surface area contributed by atoms with Crippen LogP contribution in [0.5, 0.6) is 0 Å². The summed E-state index contributed by atoms with van der Waals surface area (Å²) in [6.45, 7) is 1.29. The number of nitrogens with two attached hydrogens (primary N) is 1. The number of nitrogens with zero attached hydrogens (tertiary/aromatic N) is 1. The summed E-state index contributed by atoms with van der Waals surface area (Å²) in [5.74, 6) is -2.65. The molecule has 12 heteroatoms. The fourth-order valence-corrected chi connectivity index (χ4v) is 6.34. The molecule has 194 valence electrons. The van der Waals surface area contributed by atoms with E-state index in [0.29, 0.717) is 19.3 Å². The third-order valence-electron chi connectivity index (χ3n) is 7.22.